The maximum atomic E-state index is 12.9. The van der Waals surface area contributed by atoms with E-state index in [2.05, 4.69) is 26.2 Å². The predicted octanol–water partition coefficient (Wildman–Crippen LogP) is 3.60. The lowest BCUT2D eigenvalue weighted by Crippen LogP contribution is -2.29. The first kappa shape index (κ1) is 21.8. The predicted molar refractivity (Wildman–Crippen MR) is 119 cm³/mol. The summed E-state index contributed by atoms with van der Waals surface area (Å²) < 4.78 is 2.18. The molecule has 1 amide bonds. The molecule has 0 aliphatic rings. The number of hydrogen-bond donors (Lipinski definition) is 2. The number of halogens is 2. The van der Waals surface area contributed by atoms with Crippen molar-refractivity contribution in [2.75, 3.05) is 5.75 Å². The number of nitrogens with zero attached hydrogens (tertiary/aromatic N) is 2. The molecule has 0 radical (unpaired) electrons. The molecule has 152 valence electrons. The second-order valence-electron chi connectivity index (χ2n) is 6.48. The Balaban J connectivity index is 1.77. The zero-order valence-corrected chi connectivity index (χ0v) is 18.7. The van der Waals surface area contributed by atoms with Gasteiger partial charge in [-0.15, -0.1) is 0 Å². The number of aromatic nitrogens is 2. The van der Waals surface area contributed by atoms with E-state index in [1.54, 1.807) is 31.2 Å². The first-order chi connectivity index (χ1) is 13.8. The molecule has 6 nitrogen and oxygen atoms in total. The molecule has 1 unspecified atom stereocenters. The number of amides is 1. The third-order valence-corrected chi connectivity index (χ3v) is 5.93. The quantitative estimate of drug-likeness (QED) is 0.386. The van der Waals surface area contributed by atoms with Gasteiger partial charge in [-0.05, 0) is 36.8 Å². The molecule has 0 spiro atoms. The van der Waals surface area contributed by atoms with Gasteiger partial charge in [-0.3, -0.25) is 14.2 Å². The molecular weight excluding hydrogens is 478 g/mol. The molecule has 3 rings (SSSR count). The molecular formula is C20H19BrClN3O3S. The lowest BCUT2D eigenvalue weighted by molar-refractivity contribution is -0.118. The molecule has 0 saturated carbocycles. The molecule has 1 atom stereocenters. The summed E-state index contributed by atoms with van der Waals surface area (Å²) in [6.07, 6.45) is -0.729. The summed E-state index contributed by atoms with van der Waals surface area (Å²) in [6, 6.07) is 12.5. The Morgan fingerprint density at radius 1 is 1.34 bits per heavy atom. The summed E-state index contributed by atoms with van der Waals surface area (Å²) in [7, 11) is 0. The lowest BCUT2D eigenvalue weighted by atomic mass is 10.2. The molecule has 0 saturated heterocycles. The minimum Gasteiger partial charge on any atom is -0.392 e. The van der Waals surface area contributed by atoms with Crippen LogP contribution in [0, 0.1) is 0 Å². The van der Waals surface area contributed by atoms with Gasteiger partial charge in [0.15, 0.2) is 5.16 Å². The van der Waals surface area contributed by atoms with Crippen LogP contribution in [0.3, 0.4) is 0 Å². The van der Waals surface area contributed by atoms with Crippen LogP contribution in [0.2, 0.25) is 5.02 Å². The van der Waals surface area contributed by atoms with Gasteiger partial charge in [0.1, 0.15) is 0 Å². The van der Waals surface area contributed by atoms with E-state index in [4.69, 9.17) is 11.6 Å². The van der Waals surface area contributed by atoms with Gasteiger partial charge in [-0.1, -0.05) is 57.5 Å². The van der Waals surface area contributed by atoms with E-state index < -0.39 is 6.10 Å². The standard InChI is InChI=1S/C20H19BrClN3O3S/c1-12(26)10-25-19(28)15-8-14(21)6-7-17(15)24-20(25)29-11-18(27)23-9-13-4-2-3-5-16(13)22/h2-8,12,26H,9-11H2,1H3,(H,23,27). The molecule has 0 fully saturated rings. The van der Waals surface area contributed by atoms with Crippen molar-refractivity contribution in [2.24, 2.45) is 0 Å². The maximum absolute atomic E-state index is 12.9. The summed E-state index contributed by atoms with van der Waals surface area (Å²) in [4.78, 5) is 29.7. The molecule has 0 bridgehead atoms. The van der Waals surface area contributed by atoms with E-state index in [0.29, 0.717) is 27.6 Å². The smallest absolute Gasteiger partial charge is 0.262 e. The molecule has 0 aliphatic heterocycles. The van der Waals surface area contributed by atoms with Crippen molar-refractivity contribution in [3.63, 3.8) is 0 Å². The number of benzene rings is 2. The normalized spacial score (nSPS) is 12.1. The molecule has 1 aromatic heterocycles. The highest BCUT2D eigenvalue weighted by molar-refractivity contribution is 9.10. The summed E-state index contributed by atoms with van der Waals surface area (Å²) in [5, 5.41) is 14.0. The maximum Gasteiger partial charge on any atom is 0.262 e. The van der Waals surface area contributed by atoms with E-state index in [1.807, 2.05) is 18.2 Å². The molecule has 3 aromatic rings. The van der Waals surface area contributed by atoms with Gasteiger partial charge in [-0.25, -0.2) is 4.98 Å². The number of nitrogens with one attached hydrogen (secondary N) is 1. The highest BCUT2D eigenvalue weighted by Gasteiger charge is 2.15. The average Bonchev–Trinajstić information content (AvgIpc) is 2.68. The zero-order valence-electron chi connectivity index (χ0n) is 15.6. The van der Waals surface area contributed by atoms with Crippen molar-refractivity contribution < 1.29 is 9.90 Å². The van der Waals surface area contributed by atoms with Gasteiger partial charge >= 0.3 is 0 Å². The molecule has 1 heterocycles. The van der Waals surface area contributed by atoms with E-state index in [-0.39, 0.29) is 23.8 Å². The number of carbonyl (C=O) groups is 1. The average molecular weight is 497 g/mol. The SMILES string of the molecule is CC(O)Cn1c(SCC(=O)NCc2ccccc2Cl)nc2ccc(Br)cc2c1=O. The minimum atomic E-state index is -0.729. The number of fused-ring (bicyclic) bond motifs is 1. The molecule has 2 N–H and O–H groups in total. The van der Waals surface area contributed by atoms with Crippen LogP contribution in [0.5, 0.6) is 0 Å². The Kier molecular flexibility index (Phi) is 7.34. The first-order valence-electron chi connectivity index (χ1n) is 8.86. The van der Waals surface area contributed by atoms with Crippen molar-refractivity contribution >= 4 is 56.1 Å². The van der Waals surface area contributed by atoms with Crippen LogP contribution in [-0.2, 0) is 17.9 Å². The number of aliphatic hydroxyl groups is 1. The Bertz CT molecular complexity index is 1100. The van der Waals surface area contributed by atoms with Crippen molar-refractivity contribution in [2.45, 2.75) is 31.3 Å². The van der Waals surface area contributed by atoms with Crippen molar-refractivity contribution in [3.05, 3.63) is 67.9 Å². The number of carbonyl (C=O) groups excluding carboxylic acids is 1. The minimum absolute atomic E-state index is 0.0821. The summed E-state index contributed by atoms with van der Waals surface area (Å²) in [5.74, 6) is -0.123. The second-order valence-corrected chi connectivity index (χ2v) is 8.74. The Hall–Kier alpha value is -1.87. The molecule has 2 aromatic carbocycles. The van der Waals surface area contributed by atoms with Crippen LogP contribution in [-0.4, -0.2) is 32.4 Å². The number of thioether (sulfide) groups is 1. The highest BCUT2D eigenvalue weighted by Crippen LogP contribution is 2.21. The zero-order chi connectivity index (χ0) is 21.0. The van der Waals surface area contributed by atoms with Gasteiger partial charge in [0, 0.05) is 16.0 Å². The van der Waals surface area contributed by atoms with Crippen LogP contribution in [0.4, 0.5) is 0 Å². The van der Waals surface area contributed by atoms with Crippen LogP contribution in [0.1, 0.15) is 12.5 Å². The van der Waals surface area contributed by atoms with Gasteiger partial charge in [-0.2, -0.15) is 0 Å². The first-order valence-corrected chi connectivity index (χ1v) is 11.0. The summed E-state index contributed by atoms with van der Waals surface area (Å²) >= 11 is 10.6. The van der Waals surface area contributed by atoms with Gasteiger partial charge in [0.05, 0.1) is 29.3 Å². The number of hydrogen-bond acceptors (Lipinski definition) is 5. The third kappa shape index (κ3) is 5.60. The van der Waals surface area contributed by atoms with Crippen LogP contribution < -0.4 is 10.9 Å². The van der Waals surface area contributed by atoms with Crippen molar-refractivity contribution in [1.82, 2.24) is 14.9 Å². The van der Waals surface area contributed by atoms with E-state index >= 15 is 0 Å². The summed E-state index contributed by atoms with van der Waals surface area (Å²) in [6.45, 7) is 2.01. The summed E-state index contributed by atoms with van der Waals surface area (Å²) in [5.41, 5.74) is 1.11. The Morgan fingerprint density at radius 3 is 2.83 bits per heavy atom. The van der Waals surface area contributed by atoms with E-state index in [0.717, 1.165) is 21.8 Å². The van der Waals surface area contributed by atoms with Crippen LogP contribution >= 0.6 is 39.3 Å². The highest BCUT2D eigenvalue weighted by atomic mass is 79.9. The number of rotatable bonds is 7. The van der Waals surface area contributed by atoms with Crippen molar-refractivity contribution in [3.8, 4) is 0 Å². The van der Waals surface area contributed by atoms with Gasteiger partial charge in [0.25, 0.3) is 5.56 Å². The molecule has 0 aliphatic carbocycles. The topological polar surface area (TPSA) is 84.2 Å². The van der Waals surface area contributed by atoms with Crippen LogP contribution in [0.25, 0.3) is 10.9 Å². The number of aliphatic hydroxyl groups excluding tert-OH is 1. The Morgan fingerprint density at radius 2 is 2.10 bits per heavy atom. The van der Waals surface area contributed by atoms with Crippen LogP contribution in [0.15, 0.2) is 56.9 Å². The third-order valence-electron chi connectivity index (χ3n) is 4.09. The van der Waals surface area contributed by atoms with E-state index in [9.17, 15) is 14.7 Å². The van der Waals surface area contributed by atoms with E-state index in [1.165, 1.54) is 4.57 Å². The molecule has 29 heavy (non-hydrogen) atoms. The van der Waals surface area contributed by atoms with Gasteiger partial charge < -0.3 is 10.4 Å². The fourth-order valence-electron chi connectivity index (χ4n) is 2.72. The fraction of sp³-hybridized carbons (Fsp3) is 0.250. The van der Waals surface area contributed by atoms with Crippen molar-refractivity contribution in [1.29, 1.82) is 0 Å². The Labute approximate surface area is 185 Å². The molecule has 9 heteroatoms. The largest absolute Gasteiger partial charge is 0.392 e. The fourth-order valence-corrected chi connectivity index (χ4v) is 4.13. The second kappa shape index (κ2) is 9.75. The van der Waals surface area contributed by atoms with Gasteiger partial charge in [0.2, 0.25) is 5.91 Å². The lowest BCUT2D eigenvalue weighted by Gasteiger charge is -2.14. The monoisotopic (exact) mass is 495 g/mol.